The van der Waals surface area contributed by atoms with Gasteiger partial charge in [0.2, 0.25) is 0 Å². The molecular weight excluding hydrogens is 204 g/mol. The fourth-order valence-corrected chi connectivity index (χ4v) is 2.52. The molecule has 0 aliphatic rings. The van der Waals surface area contributed by atoms with E-state index in [1.54, 1.807) is 6.08 Å². The fourth-order valence-electron chi connectivity index (χ4n) is 1.08. The van der Waals surface area contributed by atoms with E-state index < -0.39 is 14.4 Å². The molecule has 0 aliphatic heterocycles. The highest BCUT2D eigenvalue weighted by molar-refractivity contribution is 6.74. The smallest absolute Gasteiger partial charge is 0.192 e. The standard InChI is InChI=1S/C12H26O2Si/c1-8-9-11(13)10(2)14-15(6,7)12(3,4)5/h8,10-11,13H,1,9H2,2-7H3/t10-,11+/m0/s1. The third-order valence-electron chi connectivity index (χ3n) is 3.24. The van der Waals surface area contributed by atoms with Crippen LogP contribution in [0, 0.1) is 0 Å². The first-order chi connectivity index (χ1) is 6.62. The minimum atomic E-state index is -1.75. The summed E-state index contributed by atoms with van der Waals surface area (Å²) in [6.07, 6.45) is 1.78. The van der Waals surface area contributed by atoms with Gasteiger partial charge in [-0.1, -0.05) is 26.8 Å². The van der Waals surface area contributed by atoms with E-state index >= 15 is 0 Å². The molecule has 0 aromatic rings. The number of rotatable bonds is 5. The number of hydrogen-bond donors (Lipinski definition) is 1. The van der Waals surface area contributed by atoms with Crippen LogP contribution in [0.4, 0.5) is 0 Å². The lowest BCUT2D eigenvalue weighted by molar-refractivity contribution is 0.0410. The van der Waals surface area contributed by atoms with E-state index in [-0.39, 0.29) is 11.1 Å². The first-order valence-electron chi connectivity index (χ1n) is 5.58. The molecule has 90 valence electrons. The van der Waals surface area contributed by atoms with Gasteiger partial charge in [0.15, 0.2) is 8.32 Å². The molecule has 0 radical (unpaired) electrons. The molecule has 0 aromatic carbocycles. The summed E-state index contributed by atoms with van der Waals surface area (Å²) in [5, 5.41) is 9.96. The molecule has 0 rings (SSSR count). The number of aliphatic hydroxyl groups is 1. The second kappa shape index (κ2) is 5.28. The zero-order valence-corrected chi connectivity index (χ0v) is 12.0. The average Bonchev–Trinajstić information content (AvgIpc) is 2.01. The van der Waals surface area contributed by atoms with Gasteiger partial charge in [0.25, 0.3) is 0 Å². The van der Waals surface area contributed by atoms with E-state index in [0.717, 1.165) is 0 Å². The molecule has 0 heterocycles. The lowest BCUT2D eigenvalue weighted by atomic mass is 10.2. The molecule has 0 spiro atoms. The van der Waals surface area contributed by atoms with Gasteiger partial charge in [-0.05, 0) is 31.5 Å². The summed E-state index contributed by atoms with van der Waals surface area (Å²) in [6.45, 7) is 16.6. The molecule has 0 aliphatic carbocycles. The van der Waals surface area contributed by atoms with Gasteiger partial charge >= 0.3 is 0 Å². The molecule has 2 nitrogen and oxygen atoms in total. The Hall–Kier alpha value is -0.123. The minimum Gasteiger partial charge on any atom is -0.412 e. The topological polar surface area (TPSA) is 29.5 Å². The molecule has 0 saturated heterocycles. The monoisotopic (exact) mass is 230 g/mol. The maximum absolute atomic E-state index is 9.77. The van der Waals surface area contributed by atoms with Gasteiger partial charge in [-0.15, -0.1) is 6.58 Å². The second-order valence-corrected chi connectivity index (χ2v) is 10.4. The van der Waals surface area contributed by atoms with E-state index in [2.05, 4.69) is 40.4 Å². The van der Waals surface area contributed by atoms with Crippen molar-refractivity contribution in [2.45, 2.75) is 64.5 Å². The first-order valence-corrected chi connectivity index (χ1v) is 8.49. The highest BCUT2D eigenvalue weighted by Crippen LogP contribution is 2.37. The summed E-state index contributed by atoms with van der Waals surface area (Å²) in [6, 6.07) is 0. The van der Waals surface area contributed by atoms with Crippen molar-refractivity contribution in [1.29, 1.82) is 0 Å². The molecule has 0 aromatic heterocycles. The highest BCUT2D eigenvalue weighted by Gasteiger charge is 2.39. The molecular formula is C12H26O2Si. The minimum absolute atomic E-state index is 0.108. The second-order valence-electron chi connectivity index (χ2n) is 5.68. The van der Waals surface area contributed by atoms with Crippen LogP contribution in [0.15, 0.2) is 12.7 Å². The summed E-state index contributed by atoms with van der Waals surface area (Å²) < 4.78 is 6.06. The molecule has 15 heavy (non-hydrogen) atoms. The Bertz CT molecular complexity index is 206. The molecule has 0 bridgehead atoms. The Morgan fingerprint density at radius 1 is 1.40 bits per heavy atom. The van der Waals surface area contributed by atoms with Crippen LogP contribution in [-0.2, 0) is 4.43 Å². The Kier molecular flexibility index (Phi) is 5.24. The van der Waals surface area contributed by atoms with Crippen molar-refractivity contribution >= 4 is 8.32 Å². The van der Waals surface area contributed by atoms with E-state index in [1.807, 2.05) is 6.92 Å². The van der Waals surface area contributed by atoms with Crippen molar-refractivity contribution in [2.24, 2.45) is 0 Å². The quantitative estimate of drug-likeness (QED) is 0.580. The van der Waals surface area contributed by atoms with Gasteiger partial charge in [-0.25, -0.2) is 0 Å². The van der Waals surface area contributed by atoms with Crippen molar-refractivity contribution < 1.29 is 9.53 Å². The molecule has 0 unspecified atom stereocenters. The van der Waals surface area contributed by atoms with Crippen LogP contribution in [0.5, 0.6) is 0 Å². The summed E-state index contributed by atoms with van der Waals surface area (Å²) in [5.41, 5.74) is 0. The van der Waals surface area contributed by atoms with Crippen LogP contribution in [0.25, 0.3) is 0 Å². The maximum atomic E-state index is 9.77. The van der Waals surface area contributed by atoms with Crippen molar-refractivity contribution in [2.75, 3.05) is 0 Å². The predicted molar refractivity (Wildman–Crippen MR) is 68.6 cm³/mol. The molecule has 0 saturated carbocycles. The Morgan fingerprint density at radius 2 is 1.87 bits per heavy atom. The Balaban J connectivity index is 4.39. The Morgan fingerprint density at radius 3 is 2.20 bits per heavy atom. The van der Waals surface area contributed by atoms with Gasteiger partial charge in [0, 0.05) is 0 Å². The lowest BCUT2D eigenvalue weighted by Gasteiger charge is -2.39. The molecule has 1 N–H and O–H groups in total. The van der Waals surface area contributed by atoms with E-state index in [0.29, 0.717) is 6.42 Å². The first kappa shape index (κ1) is 14.9. The van der Waals surface area contributed by atoms with Crippen molar-refractivity contribution in [3.63, 3.8) is 0 Å². The van der Waals surface area contributed by atoms with Crippen LogP contribution in [0.1, 0.15) is 34.1 Å². The van der Waals surface area contributed by atoms with Gasteiger partial charge in [0.1, 0.15) is 0 Å². The molecule has 3 heteroatoms. The van der Waals surface area contributed by atoms with Crippen LogP contribution >= 0.6 is 0 Å². The average molecular weight is 230 g/mol. The lowest BCUT2D eigenvalue weighted by Crippen LogP contribution is -2.46. The molecule has 0 amide bonds. The Labute approximate surface area is 95.5 Å². The summed E-state index contributed by atoms with van der Waals surface area (Å²) in [5.74, 6) is 0. The maximum Gasteiger partial charge on any atom is 0.192 e. The van der Waals surface area contributed by atoms with Crippen molar-refractivity contribution in [1.82, 2.24) is 0 Å². The van der Waals surface area contributed by atoms with Gasteiger partial charge in [-0.3, -0.25) is 0 Å². The molecule has 0 fully saturated rings. The predicted octanol–water partition coefficient (Wildman–Crippen LogP) is 3.33. The van der Waals surface area contributed by atoms with Crippen LogP contribution < -0.4 is 0 Å². The largest absolute Gasteiger partial charge is 0.412 e. The van der Waals surface area contributed by atoms with Crippen LogP contribution in [-0.4, -0.2) is 25.6 Å². The fraction of sp³-hybridized carbons (Fsp3) is 0.833. The highest BCUT2D eigenvalue weighted by atomic mass is 28.4. The van der Waals surface area contributed by atoms with Crippen molar-refractivity contribution in [3.05, 3.63) is 12.7 Å². The van der Waals surface area contributed by atoms with Crippen LogP contribution in [0.3, 0.4) is 0 Å². The summed E-state index contributed by atoms with van der Waals surface area (Å²) in [4.78, 5) is 0. The summed E-state index contributed by atoms with van der Waals surface area (Å²) in [7, 11) is -1.75. The SMILES string of the molecule is C=CC[C@@H](O)[C@H](C)O[Si](C)(C)C(C)(C)C. The summed E-state index contributed by atoms with van der Waals surface area (Å²) >= 11 is 0. The third kappa shape index (κ3) is 4.49. The van der Waals surface area contributed by atoms with Gasteiger partial charge in [-0.2, -0.15) is 0 Å². The molecule has 2 atom stereocenters. The number of aliphatic hydroxyl groups excluding tert-OH is 1. The van der Waals surface area contributed by atoms with Crippen LogP contribution in [0.2, 0.25) is 18.1 Å². The third-order valence-corrected chi connectivity index (χ3v) is 7.81. The van der Waals surface area contributed by atoms with Gasteiger partial charge in [0.05, 0.1) is 12.2 Å². The van der Waals surface area contributed by atoms with E-state index in [9.17, 15) is 5.11 Å². The zero-order valence-electron chi connectivity index (χ0n) is 11.0. The normalized spacial score (nSPS) is 17.3. The van der Waals surface area contributed by atoms with Crippen molar-refractivity contribution in [3.8, 4) is 0 Å². The number of hydrogen-bond acceptors (Lipinski definition) is 2. The zero-order chi connectivity index (χ0) is 12.3. The van der Waals surface area contributed by atoms with E-state index in [4.69, 9.17) is 4.43 Å². The van der Waals surface area contributed by atoms with Gasteiger partial charge < -0.3 is 9.53 Å². The van der Waals surface area contributed by atoms with E-state index in [1.165, 1.54) is 0 Å².